The van der Waals surface area contributed by atoms with Crippen molar-refractivity contribution in [2.75, 3.05) is 14.2 Å². The number of rotatable bonds is 4. The molecule has 0 aliphatic carbocycles. The summed E-state index contributed by atoms with van der Waals surface area (Å²) in [6, 6.07) is 7.00. The minimum atomic E-state index is -0.793. The lowest BCUT2D eigenvalue weighted by atomic mass is 10.0. The van der Waals surface area contributed by atoms with Crippen LogP contribution in [0.4, 0.5) is 0 Å². The molecule has 0 bridgehead atoms. The average Bonchev–Trinajstić information content (AvgIpc) is 2.91. The quantitative estimate of drug-likeness (QED) is 0.882. The van der Waals surface area contributed by atoms with Crippen LogP contribution in [0.1, 0.15) is 17.2 Å². The van der Waals surface area contributed by atoms with E-state index in [1.54, 1.807) is 38.5 Å². The van der Waals surface area contributed by atoms with E-state index >= 15 is 0 Å². The minimum Gasteiger partial charge on any atom is -0.497 e. The Hall–Kier alpha value is -1.94. The van der Waals surface area contributed by atoms with Gasteiger partial charge in [0.1, 0.15) is 17.6 Å². The molecule has 0 amide bonds. The van der Waals surface area contributed by atoms with Crippen molar-refractivity contribution < 1.29 is 19.0 Å². The van der Waals surface area contributed by atoms with Gasteiger partial charge in [0.2, 0.25) is 0 Å². The number of ether oxygens (including phenoxy) is 2. The van der Waals surface area contributed by atoms with E-state index in [4.69, 9.17) is 13.9 Å². The van der Waals surface area contributed by atoms with Gasteiger partial charge in [-0.1, -0.05) is 0 Å². The predicted molar refractivity (Wildman–Crippen MR) is 62.3 cm³/mol. The Morgan fingerprint density at radius 1 is 1.18 bits per heavy atom. The first-order valence-electron chi connectivity index (χ1n) is 5.18. The zero-order valence-electron chi connectivity index (χ0n) is 9.71. The van der Waals surface area contributed by atoms with E-state index in [-0.39, 0.29) is 0 Å². The second-order valence-corrected chi connectivity index (χ2v) is 3.57. The highest BCUT2D eigenvalue weighted by atomic mass is 16.5. The number of furan rings is 1. The van der Waals surface area contributed by atoms with Crippen molar-refractivity contribution in [1.29, 1.82) is 0 Å². The lowest BCUT2D eigenvalue weighted by molar-refractivity contribution is 0.213. The summed E-state index contributed by atoms with van der Waals surface area (Å²) >= 11 is 0. The third kappa shape index (κ3) is 2.26. The molecule has 1 N–H and O–H groups in total. The topological polar surface area (TPSA) is 51.8 Å². The molecule has 0 aliphatic heterocycles. The third-order valence-electron chi connectivity index (χ3n) is 2.59. The van der Waals surface area contributed by atoms with E-state index in [9.17, 15) is 5.11 Å². The highest BCUT2D eigenvalue weighted by Gasteiger charge is 2.17. The molecule has 4 heteroatoms. The van der Waals surface area contributed by atoms with E-state index in [0.29, 0.717) is 22.6 Å². The summed E-state index contributed by atoms with van der Waals surface area (Å²) in [6.07, 6.45) is 2.23. The molecule has 0 fully saturated rings. The van der Waals surface area contributed by atoms with Crippen molar-refractivity contribution in [3.05, 3.63) is 47.9 Å². The van der Waals surface area contributed by atoms with E-state index in [1.165, 1.54) is 12.5 Å². The largest absolute Gasteiger partial charge is 0.497 e. The Morgan fingerprint density at radius 3 is 2.59 bits per heavy atom. The average molecular weight is 234 g/mol. The van der Waals surface area contributed by atoms with Crippen LogP contribution < -0.4 is 9.47 Å². The molecule has 1 aromatic carbocycles. The van der Waals surface area contributed by atoms with Crippen LogP contribution >= 0.6 is 0 Å². The fourth-order valence-electron chi connectivity index (χ4n) is 1.66. The van der Waals surface area contributed by atoms with E-state index in [1.807, 2.05) is 0 Å². The van der Waals surface area contributed by atoms with Gasteiger partial charge in [0, 0.05) is 11.1 Å². The molecule has 0 unspecified atom stereocenters. The molecule has 0 radical (unpaired) electrons. The van der Waals surface area contributed by atoms with Gasteiger partial charge in [-0.25, -0.2) is 0 Å². The van der Waals surface area contributed by atoms with Gasteiger partial charge < -0.3 is 19.0 Å². The Kier molecular flexibility index (Phi) is 3.35. The lowest BCUT2D eigenvalue weighted by Gasteiger charge is -2.14. The molecular formula is C13H14O4. The number of hydrogen-bond donors (Lipinski definition) is 1. The minimum absolute atomic E-state index is 0.611. The molecule has 4 nitrogen and oxygen atoms in total. The van der Waals surface area contributed by atoms with E-state index in [0.717, 1.165) is 0 Å². The van der Waals surface area contributed by atoms with Crippen molar-refractivity contribution in [2.24, 2.45) is 0 Å². The molecule has 90 valence electrons. The van der Waals surface area contributed by atoms with Crippen LogP contribution in [0.15, 0.2) is 41.2 Å². The molecule has 17 heavy (non-hydrogen) atoms. The molecule has 1 atom stereocenters. The number of aliphatic hydroxyl groups is 1. The highest BCUT2D eigenvalue weighted by Crippen LogP contribution is 2.33. The van der Waals surface area contributed by atoms with Crippen LogP contribution in [0.2, 0.25) is 0 Å². The fraction of sp³-hybridized carbons (Fsp3) is 0.231. The first-order chi connectivity index (χ1) is 8.26. The molecule has 0 saturated heterocycles. The van der Waals surface area contributed by atoms with Crippen molar-refractivity contribution in [3.63, 3.8) is 0 Å². The van der Waals surface area contributed by atoms with Gasteiger partial charge in [0.15, 0.2) is 0 Å². The van der Waals surface area contributed by atoms with Crippen LogP contribution in [0.25, 0.3) is 0 Å². The van der Waals surface area contributed by atoms with Gasteiger partial charge in [-0.2, -0.15) is 0 Å². The number of aliphatic hydroxyl groups excluding tert-OH is 1. The van der Waals surface area contributed by atoms with Gasteiger partial charge in [-0.15, -0.1) is 0 Å². The number of methoxy groups -OCH3 is 2. The van der Waals surface area contributed by atoms with Gasteiger partial charge in [0.05, 0.1) is 26.7 Å². The van der Waals surface area contributed by atoms with Crippen molar-refractivity contribution in [1.82, 2.24) is 0 Å². The summed E-state index contributed by atoms with van der Waals surface area (Å²) in [5, 5.41) is 10.2. The molecular weight excluding hydrogens is 220 g/mol. The maximum Gasteiger partial charge on any atom is 0.125 e. The number of hydrogen-bond acceptors (Lipinski definition) is 4. The second-order valence-electron chi connectivity index (χ2n) is 3.57. The summed E-state index contributed by atoms with van der Waals surface area (Å²) in [5.41, 5.74) is 1.32. The Bertz CT molecular complexity index is 476. The van der Waals surface area contributed by atoms with Gasteiger partial charge in [-0.3, -0.25) is 0 Å². The first-order valence-corrected chi connectivity index (χ1v) is 5.18. The fourth-order valence-corrected chi connectivity index (χ4v) is 1.66. The smallest absolute Gasteiger partial charge is 0.125 e. The van der Waals surface area contributed by atoms with Gasteiger partial charge in [-0.05, 0) is 24.3 Å². The Morgan fingerprint density at radius 2 is 2.00 bits per heavy atom. The maximum absolute atomic E-state index is 10.2. The molecule has 1 heterocycles. The predicted octanol–water partition coefficient (Wildman–Crippen LogP) is 2.38. The van der Waals surface area contributed by atoms with Crippen LogP contribution in [-0.4, -0.2) is 19.3 Å². The van der Waals surface area contributed by atoms with Crippen LogP contribution in [0.5, 0.6) is 11.5 Å². The standard InChI is InChI=1S/C13H14O4/c1-15-10-3-4-12(16-2)11(7-10)13(14)9-5-6-17-8-9/h3-8,13-14H,1-2H3/t13-/m0/s1. The summed E-state index contributed by atoms with van der Waals surface area (Å²) in [6.45, 7) is 0. The Labute approximate surface area is 99.4 Å². The van der Waals surface area contributed by atoms with E-state index in [2.05, 4.69) is 0 Å². The molecule has 0 saturated carbocycles. The summed E-state index contributed by atoms with van der Waals surface area (Å²) in [4.78, 5) is 0. The maximum atomic E-state index is 10.2. The molecule has 0 spiro atoms. The van der Waals surface area contributed by atoms with E-state index < -0.39 is 6.10 Å². The molecule has 1 aromatic heterocycles. The SMILES string of the molecule is COc1ccc(OC)c([C@@H](O)c2ccoc2)c1. The van der Waals surface area contributed by atoms with Crippen LogP contribution in [-0.2, 0) is 0 Å². The van der Waals surface area contributed by atoms with Gasteiger partial charge in [0.25, 0.3) is 0 Å². The molecule has 0 aliphatic rings. The highest BCUT2D eigenvalue weighted by molar-refractivity contribution is 5.44. The van der Waals surface area contributed by atoms with Crippen molar-refractivity contribution >= 4 is 0 Å². The van der Waals surface area contributed by atoms with Crippen molar-refractivity contribution in [2.45, 2.75) is 6.10 Å². The second kappa shape index (κ2) is 4.93. The zero-order valence-corrected chi connectivity index (χ0v) is 9.71. The summed E-state index contributed by atoms with van der Waals surface area (Å²) in [5.74, 6) is 1.28. The normalized spacial score (nSPS) is 12.2. The van der Waals surface area contributed by atoms with Gasteiger partial charge >= 0.3 is 0 Å². The summed E-state index contributed by atoms with van der Waals surface area (Å²) < 4.78 is 15.3. The van der Waals surface area contributed by atoms with Crippen LogP contribution in [0.3, 0.4) is 0 Å². The third-order valence-corrected chi connectivity index (χ3v) is 2.59. The van der Waals surface area contributed by atoms with Crippen LogP contribution in [0, 0.1) is 0 Å². The number of benzene rings is 1. The first kappa shape index (κ1) is 11.5. The molecule has 2 rings (SSSR count). The Balaban J connectivity index is 2.41. The summed E-state index contributed by atoms with van der Waals surface area (Å²) in [7, 11) is 3.14. The monoisotopic (exact) mass is 234 g/mol. The zero-order chi connectivity index (χ0) is 12.3. The van der Waals surface area contributed by atoms with Crippen molar-refractivity contribution in [3.8, 4) is 11.5 Å². The molecule has 2 aromatic rings. The lowest BCUT2D eigenvalue weighted by Crippen LogP contribution is -2.01.